The first kappa shape index (κ1) is 21.9. The van der Waals surface area contributed by atoms with Crippen LogP contribution >= 0.6 is 0 Å². The third-order valence-corrected chi connectivity index (χ3v) is 8.12. The van der Waals surface area contributed by atoms with Crippen molar-refractivity contribution in [2.75, 3.05) is 13.1 Å². The molecule has 0 radical (unpaired) electrons. The van der Waals surface area contributed by atoms with Crippen LogP contribution in [-0.2, 0) is 25.5 Å². The van der Waals surface area contributed by atoms with Crippen molar-refractivity contribution < 1.29 is 23.9 Å². The van der Waals surface area contributed by atoms with Crippen LogP contribution in [0, 0.1) is 11.8 Å². The van der Waals surface area contributed by atoms with Gasteiger partial charge in [0.25, 0.3) is 5.91 Å². The molecule has 1 aromatic carbocycles. The van der Waals surface area contributed by atoms with E-state index in [-0.39, 0.29) is 30.1 Å². The molecule has 2 N–H and O–H groups in total. The molecule has 2 atom stereocenters. The van der Waals surface area contributed by atoms with Crippen LogP contribution in [0.3, 0.4) is 0 Å². The number of amides is 4. The summed E-state index contributed by atoms with van der Waals surface area (Å²) in [6.45, 7) is 1.01. The number of urea groups is 1. The largest absolute Gasteiger partial charge is 0.458 e. The molecule has 3 aliphatic heterocycles. The summed E-state index contributed by atoms with van der Waals surface area (Å²) in [5.41, 5.74) is -0.656. The van der Waals surface area contributed by atoms with Crippen molar-refractivity contribution in [3.8, 4) is 0 Å². The van der Waals surface area contributed by atoms with Gasteiger partial charge in [-0.15, -0.1) is 0 Å². The number of piperidine rings is 1. The van der Waals surface area contributed by atoms with Crippen LogP contribution in [0.1, 0.15) is 56.9 Å². The zero-order valence-corrected chi connectivity index (χ0v) is 18.8. The van der Waals surface area contributed by atoms with E-state index in [1.54, 1.807) is 0 Å². The zero-order valence-electron chi connectivity index (χ0n) is 18.8. The van der Waals surface area contributed by atoms with Crippen molar-refractivity contribution in [3.63, 3.8) is 0 Å². The fourth-order valence-electron chi connectivity index (χ4n) is 6.40. The van der Waals surface area contributed by atoms with Gasteiger partial charge in [0.15, 0.2) is 0 Å². The minimum absolute atomic E-state index is 0.00165. The molecule has 4 amide bonds. The Hall–Kier alpha value is -2.90. The Morgan fingerprint density at radius 3 is 2.36 bits per heavy atom. The molecule has 8 nitrogen and oxygen atoms in total. The third kappa shape index (κ3) is 3.89. The Balaban J connectivity index is 1.30. The number of hydrogen-bond donors (Lipinski definition) is 2. The predicted octanol–water partition coefficient (Wildman–Crippen LogP) is 2.31. The van der Waals surface area contributed by atoms with Gasteiger partial charge in [0.1, 0.15) is 11.1 Å². The minimum Gasteiger partial charge on any atom is -0.458 e. The van der Waals surface area contributed by atoms with Crippen molar-refractivity contribution in [2.24, 2.45) is 11.8 Å². The number of ether oxygens (including phenoxy) is 1. The Morgan fingerprint density at radius 2 is 1.73 bits per heavy atom. The van der Waals surface area contributed by atoms with Crippen LogP contribution < -0.4 is 10.6 Å². The van der Waals surface area contributed by atoms with Gasteiger partial charge in [-0.1, -0.05) is 36.8 Å². The van der Waals surface area contributed by atoms with Crippen LogP contribution in [0.4, 0.5) is 4.79 Å². The first-order chi connectivity index (χ1) is 15.9. The van der Waals surface area contributed by atoms with Gasteiger partial charge in [-0.05, 0) is 50.0 Å². The Bertz CT molecular complexity index is 950. The number of nitrogens with one attached hydrogen (secondary N) is 2. The summed E-state index contributed by atoms with van der Waals surface area (Å²) in [6, 6.07) is 9.22. The maximum atomic E-state index is 13.5. The smallest absolute Gasteiger partial charge is 0.322 e. The van der Waals surface area contributed by atoms with Gasteiger partial charge in [0.2, 0.25) is 5.91 Å². The second-order valence-corrected chi connectivity index (χ2v) is 10.00. The van der Waals surface area contributed by atoms with Gasteiger partial charge in [-0.25, -0.2) is 4.79 Å². The summed E-state index contributed by atoms with van der Waals surface area (Å²) < 4.78 is 5.74. The molecule has 8 heteroatoms. The average Bonchev–Trinajstić information content (AvgIpc) is 3.29. The van der Waals surface area contributed by atoms with Gasteiger partial charge in [0.05, 0.1) is 12.3 Å². The quantitative estimate of drug-likeness (QED) is 0.538. The number of nitrogens with zero attached hydrogens (tertiary/aromatic N) is 1. The highest BCUT2D eigenvalue weighted by atomic mass is 16.6. The number of imide groups is 1. The monoisotopic (exact) mass is 453 g/mol. The SMILES string of the molecule is O=C1NC(=O)[C@](Cc2ccccc2)(C2CCN(C(=O)[C@H]3CC(=O)OC34CCCCC4)CC2)N1. The molecule has 1 spiro atoms. The summed E-state index contributed by atoms with van der Waals surface area (Å²) in [7, 11) is 0. The normalized spacial score (nSPS) is 29.6. The van der Waals surface area contributed by atoms with Crippen LogP contribution in [0.15, 0.2) is 30.3 Å². The van der Waals surface area contributed by atoms with E-state index in [4.69, 9.17) is 4.74 Å². The van der Waals surface area contributed by atoms with Gasteiger partial charge in [-0.3, -0.25) is 19.7 Å². The van der Waals surface area contributed by atoms with Crippen LogP contribution in [0.25, 0.3) is 0 Å². The van der Waals surface area contributed by atoms with E-state index in [1.807, 2.05) is 35.2 Å². The van der Waals surface area contributed by atoms with Crippen molar-refractivity contribution >= 4 is 23.8 Å². The molecule has 0 aromatic heterocycles. The molecule has 1 saturated carbocycles. The Labute approximate surface area is 193 Å². The molecule has 0 bridgehead atoms. The molecule has 3 heterocycles. The highest BCUT2D eigenvalue weighted by Crippen LogP contribution is 2.45. The summed E-state index contributed by atoms with van der Waals surface area (Å²) >= 11 is 0. The molecular formula is C25H31N3O5. The topological polar surface area (TPSA) is 105 Å². The molecule has 5 rings (SSSR count). The maximum Gasteiger partial charge on any atom is 0.322 e. The lowest BCUT2D eigenvalue weighted by Crippen LogP contribution is -2.58. The molecule has 1 aliphatic carbocycles. The summed E-state index contributed by atoms with van der Waals surface area (Å²) in [6.07, 6.45) is 6.40. The van der Waals surface area contributed by atoms with Crippen LogP contribution in [-0.4, -0.2) is 52.9 Å². The lowest BCUT2D eigenvalue weighted by molar-refractivity contribution is -0.156. The molecule has 33 heavy (non-hydrogen) atoms. The Kier molecular flexibility index (Phi) is 5.62. The van der Waals surface area contributed by atoms with Crippen molar-refractivity contribution in [1.29, 1.82) is 0 Å². The second kappa shape index (κ2) is 8.47. The lowest BCUT2D eigenvalue weighted by Gasteiger charge is -2.43. The summed E-state index contributed by atoms with van der Waals surface area (Å²) in [5.74, 6) is -1.06. The molecule has 4 aliphatic rings. The first-order valence-corrected chi connectivity index (χ1v) is 12.1. The molecule has 1 aromatic rings. The number of benzene rings is 1. The van der Waals surface area contributed by atoms with Gasteiger partial charge in [-0.2, -0.15) is 0 Å². The number of esters is 1. The molecule has 4 fully saturated rings. The molecule has 176 valence electrons. The summed E-state index contributed by atoms with van der Waals surface area (Å²) in [4.78, 5) is 52.5. The number of rotatable bonds is 4. The van der Waals surface area contributed by atoms with E-state index in [1.165, 1.54) is 0 Å². The maximum absolute atomic E-state index is 13.5. The van der Waals surface area contributed by atoms with E-state index in [2.05, 4.69) is 10.6 Å². The van der Waals surface area contributed by atoms with E-state index < -0.39 is 23.1 Å². The predicted molar refractivity (Wildman–Crippen MR) is 119 cm³/mol. The summed E-state index contributed by atoms with van der Waals surface area (Å²) in [5, 5.41) is 5.34. The van der Waals surface area contributed by atoms with E-state index in [9.17, 15) is 19.2 Å². The average molecular weight is 454 g/mol. The number of hydrogen-bond acceptors (Lipinski definition) is 5. The van der Waals surface area contributed by atoms with Crippen molar-refractivity contribution in [3.05, 3.63) is 35.9 Å². The minimum atomic E-state index is -1.01. The standard InChI is InChI=1S/C25H31N3O5/c29-20-15-19(24(33-20)11-5-2-6-12-24)21(30)28-13-9-18(10-14-28)25(22(31)26-23(32)27-25)16-17-7-3-1-4-8-17/h1,3-4,7-8,18-19H,2,5-6,9-16H2,(H2,26,27,31,32)/t19-,25+/m1/s1. The van der Waals surface area contributed by atoms with E-state index >= 15 is 0 Å². The second-order valence-electron chi connectivity index (χ2n) is 10.00. The van der Waals surface area contributed by atoms with E-state index in [0.717, 1.165) is 37.7 Å². The van der Waals surface area contributed by atoms with Crippen LogP contribution in [0.2, 0.25) is 0 Å². The highest BCUT2D eigenvalue weighted by molar-refractivity contribution is 6.07. The molecular weight excluding hydrogens is 422 g/mol. The van der Waals surface area contributed by atoms with Gasteiger partial charge in [0, 0.05) is 19.5 Å². The number of likely N-dealkylation sites (tertiary alicyclic amines) is 1. The zero-order chi connectivity index (χ0) is 23.1. The number of carbonyl (C=O) groups excluding carboxylic acids is 4. The van der Waals surface area contributed by atoms with Crippen molar-refractivity contribution in [2.45, 2.75) is 68.9 Å². The fraction of sp³-hybridized carbons (Fsp3) is 0.600. The third-order valence-electron chi connectivity index (χ3n) is 8.12. The number of carbonyl (C=O) groups is 4. The highest BCUT2D eigenvalue weighted by Gasteiger charge is 2.56. The van der Waals surface area contributed by atoms with Crippen LogP contribution in [0.5, 0.6) is 0 Å². The van der Waals surface area contributed by atoms with E-state index in [0.29, 0.717) is 32.4 Å². The Morgan fingerprint density at radius 1 is 1.03 bits per heavy atom. The lowest BCUT2D eigenvalue weighted by atomic mass is 9.73. The van der Waals surface area contributed by atoms with Gasteiger partial charge >= 0.3 is 12.0 Å². The van der Waals surface area contributed by atoms with Gasteiger partial charge < -0.3 is 15.0 Å². The fourth-order valence-corrected chi connectivity index (χ4v) is 6.40. The van der Waals surface area contributed by atoms with Crippen molar-refractivity contribution in [1.82, 2.24) is 15.5 Å². The first-order valence-electron chi connectivity index (χ1n) is 12.1. The molecule has 3 saturated heterocycles. The molecule has 0 unspecified atom stereocenters.